The van der Waals surface area contributed by atoms with E-state index in [4.69, 9.17) is 0 Å². The normalized spacial score (nSPS) is 17.8. The molecule has 0 spiro atoms. The number of likely N-dealkylation sites (tertiary alicyclic amines) is 1. The second kappa shape index (κ2) is 4.38. The summed E-state index contributed by atoms with van der Waals surface area (Å²) in [6, 6.07) is 3.97. The van der Waals surface area contributed by atoms with E-state index in [1.807, 2.05) is 6.92 Å². The van der Waals surface area contributed by atoms with Crippen molar-refractivity contribution in [3.8, 4) is 0 Å². The average molecular weight is 302 g/mol. The van der Waals surface area contributed by atoms with Crippen molar-refractivity contribution in [2.24, 2.45) is 0 Å². The molecule has 1 aliphatic heterocycles. The first-order chi connectivity index (χ1) is 7.95. The summed E-state index contributed by atoms with van der Waals surface area (Å²) in [6.07, 6.45) is 0.626. The zero-order valence-corrected chi connectivity index (χ0v) is 11.0. The maximum Gasteiger partial charge on any atom is 0.255 e. The highest BCUT2D eigenvalue weighted by Gasteiger charge is 2.42. The molecular weight excluding hydrogens is 289 g/mol. The molecule has 0 radical (unpaired) electrons. The van der Waals surface area contributed by atoms with Crippen LogP contribution in [0.2, 0.25) is 0 Å². The third-order valence-corrected chi connectivity index (χ3v) is 3.73. The molecule has 17 heavy (non-hydrogen) atoms. The fourth-order valence-electron chi connectivity index (χ4n) is 1.86. The van der Waals surface area contributed by atoms with E-state index >= 15 is 0 Å². The van der Waals surface area contributed by atoms with Gasteiger partial charge in [-0.2, -0.15) is 0 Å². The third kappa shape index (κ3) is 2.35. The Hall–Kier alpha value is -0.940. The van der Waals surface area contributed by atoms with Crippen LogP contribution in [0.25, 0.3) is 0 Å². The number of carbonyl (C=O) groups excluding carboxylic acids is 1. The van der Waals surface area contributed by atoms with Crippen molar-refractivity contribution in [1.29, 1.82) is 0 Å². The van der Waals surface area contributed by atoms with Gasteiger partial charge in [-0.1, -0.05) is 6.92 Å². The largest absolute Gasteiger partial charge is 0.386 e. The molecule has 1 fully saturated rings. The Labute approximate surface area is 107 Å². The Kier molecular flexibility index (Phi) is 3.23. The summed E-state index contributed by atoms with van der Waals surface area (Å²) in [5.41, 5.74) is -0.327. The van der Waals surface area contributed by atoms with E-state index in [0.29, 0.717) is 29.5 Å². The average Bonchev–Trinajstić information content (AvgIpc) is 2.24. The number of nitrogens with zero attached hydrogens (tertiary/aromatic N) is 1. The molecule has 0 aromatic heterocycles. The van der Waals surface area contributed by atoms with Gasteiger partial charge >= 0.3 is 0 Å². The van der Waals surface area contributed by atoms with Crippen molar-refractivity contribution >= 4 is 21.8 Å². The Bertz CT molecular complexity index is 458. The minimum Gasteiger partial charge on any atom is -0.386 e. The van der Waals surface area contributed by atoms with Gasteiger partial charge in [0.05, 0.1) is 24.3 Å². The summed E-state index contributed by atoms with van der Waals surface area (Å²) >= 11 is 3.16. The van der Waals surface area contributed by atoms with Gasteiger partial charge in [0.2, 0.25) is 0 Å². The number of aliphatic hydroxyl groups is 1. The summed E-state index contributed by atoms with van der Waals surface area (Å²) in [4.78, 5) is 13.6. The maximum absolute atomic E-state index is 12.9. The van der Waals surface area contributed by atoms with Gasteiger partial charge in [-0.3, -0.25) is 4.79 Å². The molecule has 1 amide bonds. The number of halogens is 2. The van der Waals surface area contributed by atoms with Crippen LogP contribution >= 0.6 is 15.9 Å². The summed E-state index contributed by atoms with van der Waals surface area (Å²) in [7, 11) is 0. The van der Waals surface area contributed by atoms with Gasteiger partial charge in [-0.15, -0.1) is 0 Å². The highest BCUT2D eigenvalue weighted by molar-refractivity contribution is 9.10. The van der Waals surface area contributed by atoms with Gasteiger partial charge in [-0.05, 0) is 40.5 Å². The first-order valence-corrected chi connectivity index (χ1v) is 6.21. The molecule has 5 heteroatoms. The van der Waals surface area contributed by atoms with Gasteiger partial charge < -0.3 is 10.0 Å². The molecule has 1 heterocycles. The summed E-state index contributed by atoms with van der Waals surface area (Å²) in [5, 5.41) is 9.83. The molecular formula is C12H13BrFNO2. The Morgan fingerprint density at radius 3 is 2.76 bits per heavy atom. The van der Waals surface area contributed by atoms with Gasteiger partial charge in [0.25, 0.3) is 5.91 Å². The van der Waals surface area contributed by atoms with Gasteiger partial charge in [0.15, 0.2) is 0 Å². The van der Waals surface area contributed by atoms with E-state index in [0.717, 1.165) is 0 Å². The molecule has 0 saturated carbocycles. The van der Waals surface area contributed by atoms with E-state index in [2.05, 4.69) is 15.9 Å². The van der Waals surface area contributed by atoms with Crippen LogP contribution < -0.4 is 0 Å². The van der Waals surface area contributed by atoms with Crippen LogP contribution in [-0.2, 0) is 0 Å². The molecule has 3 nitrogen and oxygen atoms in total. The number of hydrogen-bond donors (Lipinski definition) is 1. The smallest absolute Gasteiger partial charge is 0.255 e. The van der Waals surface area contributed by atoms with Crippen molar-refractivity contribution in [3.05, 3.63) is 34.1 Å². The van der Waals surface area contributed by atoms with Crippen molar-refractivity contribution in [2.75, 3.05) is 13.1 Å². The fraction of sp³-hybridized carbons (Fsp3) is 0.417. The fourth-order valence-corrected chi connectivity index (χ4v) is 2.39. The van der Waals surface area contributed by atoms with Crippen LogP contribution in [0, 0.1) is 5.82 Å². The predicted octanol–water partition coefficient (Wildman–Crippen LogP) is 2.19. The highest BCUT2D eigenvalue weighted by Crippen LogP contribution is 2.28. The molecule has 0 atom stereocenters. The number of rotatable bonds is 2. The standard InChI is InChI=1S/C12H13BrFNO2/c1-2-12(17)6-15(7-12)11(16)9-4-3-8(14)5-10(9)13/h3-5,17H,2,6-7H2,1H3. The monoisotopic (exact) mass is 301 g/mol. The van der Waals surface area contributed by atoms with Crippen molar-refractivity contribution in [2.45, 2.75) is 18.9 Å². The Balaban J connectivity index is 2.12. The van der Waals surface area contributed by atoms with E-state index in [-0.39, 0.29) is 11.7 Å². The number of β-amino-alcohol motifs (C(OH)–C–C–N with tert-alkyl or cyclic N) is 1. The summed E-state index contributed by atoms with van der Waals surface area (Å²) in [6.45, 7) is 2.56. The van der Waals surface area contributed by atoms with E-state index in [9.17, 15) is 14.3 Å². The summed E-state index contributed by atoms with van der Waals surface area (Å²) in [5.74, 6) is -0.572. The minimum absolute atomic E-state index is 0.185. The first-order valence-electron chi connectivity index (χ1n) is 5.42. The molecule has 1 aromatic carbocycles. The van der Waals surface area contributed by atoms with E-state index < -0.39 is 5.60 Å². The van der Waals surface area contributed by atoms with Crippen LogP contribution in [0.5, 0.6) is 0 Å². The second-order valence-corrected chi connectivity index (χ2v) is 5.22. The predicted molar refractivity (Wildman–Crippen MR) is 65.2 cm³/mol. The summed E-state index contributed by atoms with van der Waals surface area (Å²) < 4.78 is 13.3. The van der Waals surface area contributed by atoms with Crippen LogP contribution in [0.1, 0.15) is 23.7 Å². The lowest BCUT2D eigenvalue weighted by atomic mass is 9.90. The van der Waals surface area contributed by atoms with Crippen molar-refractivity contribution in [1.82, 2.24) is 4.90 Å². The zero-order chi connectivity index (χ0) is 12.6. The third-order valence-electron chi connectivity index (χ3n) is 3.08. The highest BCUT2D eigenvalue weighted by atomic mass is 79.9. The molecule has 1 saturated heterocycles. The number of benzene rings is 1. The Morgan fingerprint density at radius 1 is 1.59 bits per heavy atom. The zero-order valence-electron chi connectivity index (χ0n) is 9.41. The quantitative estimate of drug-likeness (QED) is 0.910. The molecule has 0 unspecified atom stereocenters. The minimum atomic E-state index is -0.748. The van der Waals surface area contributed by atoms with E-state index in [1.54, 1.807) is 4.90 Å². The molecule has 1 aromatic rings. The topological polar surface area (TPSA) is 40.5 Å². The number of carbonyl (C=O) groups is 1. The van der Waals surface area contributed by atoms with Crippen LogP contribution in [0.3, 0.4) is 0 Å². The van der Waals surface area contributed by atoms with Crippen LogP contribution in [0.4, 0.5) is 4.39 Å². The molecule has 0 bridgehead atoms. The van der Waals surface area contributed by atoms with Crippen LogP contribution in [0.15, 0.2) is 22.7 Å². The van der Waals surface area contributed by atoms with Crippen molar-refractivity contribution < 1.29 is 14.3 Å². The van der Waals surface area contributed by atoms with Crippen LogP contribution in [-0.4, -0.2) is 34.6 Å². The van der Waals surface area contributed by atoms with Gasteiger partial charge in [0, 0.05) is 4.47 Å². The lowest BCUT2D eigenvalue weighted by molar-refractivity contribution is -0.0826. The SMILES string of the molecule is CCC1(O)CN(C(=O)c2ccc(F)cc2Br)C1. The maximum atomic E-state index is 12.9. The Morgan fingerprint density at radius 2 is 2.24 bits per heavy atom. The molecule has 92 valence electrons. The molecule has 1 N–H and O–H groups in total. The molecule has 1 aliphatic rings. The molecule has 2 rings (SSSR count). The second-order valence-electron chi connectivity index (χ2n) is 4.36. The number of hydrogen-bond acceptors (Lipinski definition) is 2. The van der Waals surface area contributed by atoms with Crippen molar-refractivity contribution in [3.63, 3.8) is 0 Å². The lowest BCUT2D eigenvalue weighted by Gasteiger charge is -2.46. The van der Waals surface area contributed by atoms with E-state index in [1.165, 1.54) is 18.2 Å². The van der Waals surface area contributed by atoms with Gasteiger partial charge in [0.1, 0.15) is 5.82 Å². The van der Waals surface area contributed by atoms with Gasteiger partial charge in [-0.25, -0.2) is 4.39 Å². The lowest BCUT2D eigenvalue weighted by Crippen LogP contribution is -2.63. The number of amides is 1. The molecule has 0 aliphatic carbocycles. The first kappa shape index (κ1) is 12.5.